The molecule has 2 saturated heterocycles. The first kappa shape index (κ1) is 25.9. The molecular formula is C30H33N9O2S. The van der Waals surface area contributed by atoms with Crippen molar-refractivity contribution in [3.8, 4) is 5.75 Å². The molecule has 4 aliphatic rings. The van der Waals surface area contributed by atoms with Gasteiger partial charge in [-0.1, -0.05) is 17.8 Å². The lowest BCUT2D eigenvalue weighted by atomic mass is 9.73. The average molecular weight is 584 g/mol. The minimum Gasteiger partial charge on any atom is -0.486 e. The molecule has 7 heterocycles. The molecule has 2 unspecified atom stereocenters. The van der Waals surface area contributed by atoms with E-state index in [-0.39, 0.29) is 24.1 Å². The number of rotatable bonds is 5. The van der Waals surface area contributed by atoms with Gasteiger partial charge in [0.05, 0.1) is 29.8 Å². The van der Waals surface area contributed by atoms with E-state index in [1.54, 1.807) is 6.20 Å². The van der Waals surface area contributed by atoms with Gasteiger partial charge in [0.15, 0.2) is 17.4 Å². The fourth-order valence-electron chi connectivity index (χ4n) is 7.26. The molecule has 0 saturated carbocycles. The molecule has 0 aromatic carbocycles. The third-order valence-electron chi connectivity index (χ3n) is 9.50. The lowest BCUT2D eigenvalue weighted by molar-refractivity contribution is 0.186. The smallest absolute Gasteiger partial charge is 0.175 e. The quantitative estimate of drug-likeness (QED) is 0.359. The summed E-state index contributed by atoms with van der Waals surface area (Å²) in [6.07, 6.45) is 13.1. The van der Waals surface area contributed by atoms with Crippen molar-refractivity contribution in [1.82, 2.24) is 29.7 Å². The number of nitrogens with two attached hydrogens (primary N) is 1. The van der Waals surface area contributed by atoms with Crippen LogP contribution < -0.4 is 20.3 Å². The van der Waals surface area contributed by atoms with Crippen molar-refractivity contribution >= 4 is 23.4 Å². The van der Waals surface area contributed by atoms with Gasteiger partial charge in [0.25, 0.3) is 0 Å². The minimum atomic E-state index is -0.178. The van der Waals surface area contributed by atoms with E-state index in [0.717, 1.165) is 73.3 Å². The molecule has 11 nitrogen and oxygen atoms in total. The van der Waals surface area contributed by atoms with Crippen LogP contribution in [0.4, 0.5) is 11.6 Å². The van der Waals surface area contributed by atoms with Gasteiger partial charge < -0.3 is 25.4 Å². The fraction of sp³-hybridized carbons (Fsp3) is 0.433. The highest BCUT2D eigenvalue weighted by Crippen LogP contribution is 2.51. The van der Waals surface area contributed by atoms with Crippen molar-refractivity contribution in [2.45, 2.75) is 60.3 Å². The zero-order valence-electron chi connectivity index (χ0n) is 23.2. The molecule has 3 aliphatic heterocycles. The summed E-state index contributed by atoms with van der Waals surface area (Å²) in [5.41, 5.74) is 9.68. The van der Waals surface area contributed by atoms with Gasteiger partial charge in [-0.2, -0.15) is 5.10 Å². The van der Waals surface area contributed by atoms with E-state index in [2.05, 4.69) is 25.9 Å². The predicted molar refractivity (Wildman–Crippen MR) is 158 cm³/mol. The van der Waals surface area contributed by atoms with Gasteiger partial charge in [0, 0.05) is 56.2 Å². The largest absolute Gasteiger partial charge is 0.486 e. The van der Waals surface area contributed by atoms with Crippen LogP contribution in [0.15, 0.2) is 65.2 Å². The van der Waals surface area contributed by atoms with Crippen LogP contribution in [0, 0.1) is 5.41 Å². The zero-order valence-corrected chi connectivity index (χ0v) is 24.0. The highest BCUT2D eigenvalue weighted by molar-refractivity contribution is 7.99. The Morgan fingerprint density at radius 1 is 1.05 bits per heavy atom. The molecule has 1 aliphatic carbocycles. The molecule has 12 heteroatoms. The summed E-state index contributed by atoms with van der Waals surface area (Å²) in [7, 11) is 0. The molecule has 2 fully saturated rings. The Bertz CT molecular complexity index is 1610. The third kappa shape index (κ3) is 4.23. The maximum atomic E-state index is 10.3. The topological polar surface area (TPSA) is 131 Å². The summed E-state index contributed by atoms with van der Waals surface area (Å²) >= 11 is 1.49. The van der Waals surface area contributed by atoms with E-state index in [9.17, 15) is 5.11 Å². The molecule has 8 rings (SSSR count). The van der Waals surface area contributed by atoms with Gasteiger partial charge in [-0.05, 0) is 54.9 Å². The maximum absolute atomic E-state index is 10.3. The zero-order chi connectivity index (χ0) is 28.3. The second-order valence-corrected chi connectivity index (χ2v) is 12.8. The molecule has 216 valence electrons. The number of piperidine rings is 1. The molecular weight excluding hydrogens is 550 g/mol. The lowest BCUT2D eigenvalue weighted by Gasteiger charge is -2.42. The first-order chi connectivity index (χ1) is 20.6. The van der Waals surface area contributed by atoms with Crippen LogP contribution in [0.3, 0.4) is 0 Å². The Morgan fingerprint density at radius 3 is 2.76 bits per heavy atom. The maximum Gasteiger partial charge on any atom is 0.175 e. The number of ether oxygens (including phenoxy) is 1. The van der Waals surface area contributed by atoms with E-state index in [1.165, 1.54) is 17.3 Å². The Hall–Kier alpha value is -3.74. The summed E-state index contributed by atoms with van der Waals surface area (Å²) < 4.78 is 8.32. The lowest BCUT2D eigenvalue weighted by Crippen LogP contribution is -2.45. The van der Waals surface area contributed by atoms with Crippen LogP contribution in [0.5, 0.6) is 5.75 Å². The van der Waals surface area contributed by atoms with E-state index in [4.69, 9.17) is 25.4 Å². The Balaban J connectivity index is 0.986. The second kappa shape index (κ2) is 10.2. The van der Waals surface area contributed by atoms with E-state index in [0.29, 0.717) is 23.4 Å². The first-order valence-corrected chi connectivity index (χ1v) is 15.4. The summed E-state index contributed by atoms with van der Waals surface area (Å²) in [6, 6.07) is 8.59. The van der Waals surface area contributed by atoms with Crippen molar-refractivity contribution in [2.24, 2.45) is 11.1 Å². The molecule has 3 atom stereocenters. The minimum absolute atomic E-state index is 0.00585. The van der Waals surface area contributed by atoms with Gasteiger partial charge in [-0.3, -0.25) is 9.67 Å². The highest BCUT2D eigenvalue weighted by atomic mass is 32.2. The van der Waals surface area contributed by atoms with Crippen LogP contribution in [-0.4, -0.2) is 67.1 Å². The number of aliphatic hydroxyl groups excluding tert-OH is 1. The van der Waals surface area contributed by atoms with Gasteiger partial charge in [-0.15, -0.1) is 0 Å². The highest BCUT2D eigenvalue weighted by Gasteiger charge is 2.47. The monoisotopic (exact) mass is 583 g/mol. The molecule has 1 spiro atoms. The predicted octanol–water partition coefficient (Wildman–Crippen LogP) is 3.16. The molecule has 0 amide bonds. The first-order valence-electron chi connectivity index (χ1n) is 14.6. The van der Waals surface area contributed by atoms with Crippen molar-refractivity contribution in [3.63, 3.8) is 0 Å². The Labute approximate surface area is 248 Å². The van der Waals surface area contributed by atoms with Gasteiger partial charge in [-0.25, -0.2) is 15.0 Å². The number of hydrogen-bond acceptors (Lipinski definition) is 11. The van der Waals surface area contributed by atoms with Crippen LogP contribution >= 0.6 is 11.8 Å². The fourth-order valence-corrected chi connectivity index (χ4v) is 8.12. The van der Waals surface area contributed by atoms with Gasteiger partial charge in [0.1, 0.15) is 17.3 Å². The van der Waals surface area contributed by atoms with Crippen molar-refractivity contribution in [2.75, 3.05) is 36.0 Å². The summed E-state index contributed by atoms with van der Waals surface area (Å²) in [6.45, 7) is 2.91. The SMILES string of the molecule is N[C@@H]1c2cccnc2CC12CCN(c1ncc(Sc3ccnc4c3OCC3CC(n5cccn5)CN43)nc1CO)CC2. The number of anilines is 2. The molecule has 42 heavy (non-hydrogen) atoms. The molecule has 4 aromatic heterocycles. The summed E-state index contributed by atoms with van der Waals surface area (Å²) in [5, 5.41) is 15.5. The van der Waals surface area contributed by atoms with Crippen LogP contribution in [0.25, 0.3) is 0 Å². The molecule has 0 bridgehead atoms. The standard InChI is InChI=1S/C30H33N9O2S/c31-27-21-3-1-7-32-22(21)14-30(27)5-11-37(12-6-30)28-23(17-40)36-25(15-34-28)42-24-4-9-33-29-26(24)41-18-20-13-19(16-38(20)29)39-10-2-8-35-39/h1-4,7-10,15,19-20,27,40H,5-6,11-14,16-18,31H2/t19?,20?,27-/m1/s1. The van der Waals surface area contributed by atoms with Crippen LogP contribution in [0.2, 0.25) is 0 Å². The van der Waals surface area contributed by atoms with E-state index >= 15 is 0 Å². The number of nitrogens with zero attached hydrogens (tertiary/aromatic N) is 8. The second-order valence-electron chi connectivity index (χ2n) is 11.7. The van der Waals surface area contributed by atoms with Gasteiger partial charge in [0.2, 0.25) is 0 Å². The number of aliphatic hydroxyl groups is 1. The van der Waals surface area contributed by atoms with E-state index < -0.39 is 0 Å². The van der Waals surface area contributed by atoms with Crippen molar-refractivity contribution in [1.29, 1.82) is 0 Å². The summed E-state index contributed by atoms with van der Waals surface area (Å²) in [4.78, 5) is 24.5. The molecule has 4 aromatic rings. The number of fused-ring (bicyclic) bond motifs is 4. The van der Waals surface area contributed by atoms with Crippen molar-refractivity contribution in [3.05, 3.63) is 72.2 Å². The van der Waals surface area contributed by atoms with E-state index in [1.807, 2.05) is 47.7 Å². The Kier molecular flexibility index (Phi) is 6.31. The summed E-state index contributed by atoms with van der Waals surface area (Å²) in [5.74, 6) is 2.39. The Morgan fingerprint density at radius 2 is 1.95 bits per heavy atom. The van der Waals surface area contributed by atoms with Gasteiger partial charge >= 0.3 is 0 Å². The number of hydrogen-bond donors (Lipinski definition) is 2. The normalized spacial score (nSPS) is 23.9. The molecule has 0 radical (unpaired) electrons. The number of pyridine rings is 2. The third-order valence-corrected chi connectivity index (χ3v) is 10.4. The molecule has 3 N–H and O–H groups in total. The van der Waals surface area contributed by atoms with Crippen molar-refractivity contribution < 1.29 is 9.84 Å². The number of aromatic nitrogens is 6. The average Bonchev–Trinajstić information content (AvgIpc) is 3.77. The van der Waals surface area contributed by atoms with Crippen LogP contribution in [0.1, 0.15) is 48.3 Å². The van der Waals surface area contributed by atoms with Crippen LogP contribution in [-0.2, 0) is 13.0 Å².